The third-order valence-corrected chi connectivity index (χ3v) is 4.50. The molecule has 0 radical (unpaired) electrons. The van der Waals surface area contributed by atoms with Crippen LogP contribution >= 0.6 is 23.2 Å². The smallest absolute Gasteiger partial charge is 0.263 e. The Morgan fingerprint density at radius 1 is 1.20 bits per heavy atom. The van der Waals surface area contributed by atoms with Gasteiger partial charge in [-0.2, -0.15) is 0 Å². The van der Waals surface area contributed by atoms with Gasteiger partial charge in [0.1, 0.15) is 10.0 Å². The molecule has 106 valence electrons. The average Bonchev–Trinajstić information content (AvgIpc) is 2.42. The van der Waals surface area contributed by atoms with E-state index in [1.807, 2.05) is 0 Å². The second-order valence-electron chi connectivity index (χ2n) is 3.90. The van der Waals surface area contributed by atoms with E-state index in [-0.39, 0.29) is 21.7 Å². The van der Waals surface area contributed by atoms with Crippen LogP contribution in [0.1, 0.15) is 5.56 Å². The van der Waals surface area contributed by atoms with E-state index >= 15 is 0 Å². The first-order valence-corrected chi connectivity index (χ1v) is 7.70. The summed E-state index contributed by atoms with van der Waals surface area (Å²) in [5.41, 5.74) is 1.05. The summed E-state index contributed by atoms with van der Waals surface area (Å²) < 4.78 is 26.6. The summed E-state index contributed by atoms with van der Waals surface area (Å²) in [6.07, 6.45) is 1.12. The van der Waals surface area contributed by atoms with Crippen molar-refractivity contribution in [2.45, 2.75) is 11.5 Å². The number of aromatic nitrogens is 1. The zero-order valence-corrected chi connectivity index (χ0v) is 12.4. The largest absolute Gasteiger partial charge is 0.392 e. The van der Waals surface area contributed by atoms with E-state index in [0.717, 1.165) is 6.20 Å². The number of benzene rings is 1. The molecule has 2 N–H and O–H groups in total. The van der Waals surface area contributed by atoms with Crippen molar-refractivity contribution in [2.24, 2.45) is 0 Å². The highest BCUT2D eigenvalue weighted by Gasteiger charge is 2.16. The van der Waals surface area contributed by atoms with Gasteiger partial charge in [-0.05, 0) is 23.8 Å². The molecule has 0 amide bonds. The van der Waals surface area contributed by atoms with Crippen LogP contribution in [-0.4, -0.2) is 18.5 Å². The number of anilines is 1. The Labute approximate surface area is 126 Å². The second-order valence-corrected chi connectivity index (χ2v) is 6.35. The fraction of sp³-hybridized carbons (Fsp3) is 0.0833. The van der Waals surface area contributed by atoms with Crippen molar-refractivity contribution in [3.8, 4) is 0 Å². The predicted molar refractivity (Wildman–Crippen MR) is 77.4 cm³/mol. The number of aliphatic hydroxyl groups excluding tert-OH is 1. The molecule has 0 aliphatic rings. The van der Waals surface area contributed by atoms with Crippen molar-refractivity contribution in [3.63, 3.8) is 0 Å². The van der Waals surface area contributed by atoms with E-state index in [4.69, 9.17) is 28.3 Å². The summed E-state index contributed by atoms with van der Waals surface area (Å²) in [4.78, 5) is 3.61. The highest BCUT2D eigenvalue weighted by molar-refractivity contribution is 7.92. The highest BCUT2D eigenvalue weighted by atomic mass is 35.5. The molecule has 0 bridgehead atoms. The van der Waals surface area contributed by atoms with Gasteiger partial charge >= 0.3 is 0 Å². The molecule has 0 aliphatic carbocycles. The van der Waals surface area contributed by atoms with Crippen molar-refractivity contribution in [2.75, 3.05) is 4.72 Å². The number of halogens is 2. The lowest BCUT2D eigenvalue weighted by Gasteiger charge is -2.08. The Morgan fingerprint density at radius 2 is 1.85 bits per heavy atom. The van der Waals surface area contributed by atoms with Gasteiger partial charge in [0.2, 0.25) is 0 Å². The van der Waals surface area contributed by atoms with Gasteiger partial charge in [-0.25, -0.2) is 13.4 Å². The molecule has 0 aliphatic heterocycles. The maximum Gasteiger partial charge on any atom is 0.263 e. The summed E-state index contributed by atoms with van der Waals surface area (Å²) in [7, 11) is -3.79. The number of rotatable bonds is 4. The number of sulfonamides is 1. The molecule has 2 aromatic rings. The predicted octanol–water partition coefficient (Wildman–Crippen LogP) is 2.68. The Balaban J connectivity index is 2.27. The molecule has 20 heavy (non-hydrogen) atoms. The van der Waals surface area contributed by atoms with Gasteiger partial charge in [-0.15, -0.1) is 0 Å². The van der Waals surface area contributed by atoms with Gasteiger partial charge in [0.05, 0.1) is 11.6 Å². The van der Waals surface area contributed by atoms with Crippen LogP contribution in [0.4, 0.5) is 5.69 Å². The van der Waals surface area contributed by atoms with Crippen LogP contribution in [-0.2, 0) is 16.6 Å². The second kappa shape index (κ2) is 5.97. The van der Waals surface area contributed by atoms with Crippen LogP contribution < -0.4 is 4.72 Å². The Kier molecular flexibility index (Phi) is 4.49. The quantitative estimate of drug-likeness (QED) is 0.843. The Bertz CT molecular complexity index is 718. The van der Waals surface area contributed by atoms with E-state index in [0.29, 0.717) is 11.3 Å². The van der Waals surface area contributed by atoms with Crippen molar-refractivity contribution in [1.82, 2.24) is 4.98 Å². The van der Waals surface area contributed by atoms with Crippen LogP contribution in [0.5, 0.6) is 0 Å². The Morgan fingerprint density at radius 3 is 2.40 bits per heavy atom. The van der Waals surface area contributed by atoms with E-state index in [1.54, 1.807) is 24.3 Å². The van der Waals surface area contributed by atoms with Gasteiger partial charge in [0, 0.05) is 11.9 Å². The minimum atomic E-state index is -3.79. The van der Waals surface area contributed by atoms with Crippen LogP contribution in [0.15, 0.2) is 41.4 Å². The summed E-state index contributed by atoms with van der Waals surface area (Å²) in [5.74, 6) is 0. The van der Waals surface area contributed by atoms with Gasteiger partial charge in [0.15, 0.2) is 0 Å². The first-order chi connectivity index (χ1) is 9.42. The maximum absolute atomic E-state index is 12.1. The molecule has 0 atom stereocenters. The lowest BCUT2D eigenvalue weighted by molar-refractivity contribution is 0.282. The fourth-order valence-electron chi connectivity index (χ4n) is 1.44. The van der Waals surface area contributed by atoms with Crippen LogP contribution in [0.25, 0.3) is 0 Å². The first kappa shape index (κ1) is 15.1. The summed E-state index contributed by atoms with van der Waals surface area (Å²) in [6, 6.07) is 7.55. The van der Waals surface area contributed by atoms with Crippen molar-refractivity contribution < 1.29 is 13.5 Å². The number of pyridine rings is 1. The van der Waals surface area contributed by atoms with E-state index in [9.17, 15) is 8.42 Å². The lowest BCUT2D eigenvalue weighted by Crippen LogP contribution is -2.13. The minimum absolute atomic E-state index is 0.0397. The number of aliphatic hydroxyl groups is 1. The fourth-order valence-corrected chi connectivity index (χ4v) is 2.81. The third-order valence-electron chi connectivity index (χ3n) is 2.47. The molecule has 0 saturated carbocycles. The molecule has 0 unspecified atom stereocenters. The zero-order valence-electron chi connectivity index (χ0n) is 10.0. The minimum Gasteiger partial charge on any atom is -0.392 e. The molecule has 0 fully saturated rings. The molecule has 0 spiro atoms. The molecule has 2 rings (SSSR count). The number of nitrogens with one attached hydrogen (secondary N) is 1. The third kappa shape index (κ3) is 3.40. The van der Waals surface area contributed by atoms with Crippen LogP contribution in [0.3, 0.4) is 0 Å². The van der Waals surface area contributed by atoms with Crippen molar-refractivity contribution >= 4 is 38.9 Å². The first-order valence-electron chi connectivity index (χ1n) is 5.46. The van der Waals surface area contributed by atoms with Gasteiger partial charge in [-0.3, -0.25) is 4.72 Å². The molecule has 1 heterocycles. The SMILES string of the molecule is O=S(=O)(Nc1ccc(CO)cc1)c1cnc(Cl)c(Cl)c1. The molecule has 5 nitrogen and oxygen atoms in total. The van der Waals surface area contributed by atoms with Gasteiger partial charge in [-0.1, -0.05) is 35.3 Å². The maximum atomic E-state index is 12.1. The Hall–Kier alpha value is -1.34. The molecular weight excluding hydrogens is 323 g/mol. The zero-order chi connectivity index (χ0) is 14.8. The van der Waals surface area contributed by atoms with Crippen LogP contribution in [0, 0.1) is 0 Å². The van der Waals surface area contributed by atoms with E-state index in [1.165, 1.54) is 6.07 Å². The molecule has 1 aromatic heterocycles. The number of hydrogen-bond donors (Lipinski definition) is 2. The number of hydrogen-bond acceptors (Lipinski definition) is 4. The highest BCUT2D eigenvalue weighted by Crippen LogP contribution is 2.23. The molecular formula is C12H10Cl2N2O3S. The standard InChI is InChI=1S/C12H10Cl2N2O3S/c13-11-5-10(6-15-12(11)14)20(18,19)16-9-3-1-8(7-17)2-4-9/h1-6,16-17H,7H2. The summed E-state index contributed by atoms with van der Waals surface area (Å²) in [5, 5.41) is 9.02. The topological polar surface area (TPSA) is 79.3 Å². The van der Waals surface area contributed by atoms with E-state index in [2.05, 4.69) is 9.71 Å². The normalized spacial score (nSPS) is 11.3. The molecule has 0 saturated heterocycles. The van der Waals surface area contributed by atoms with Crippen molar-refractivity contribution in [1.29, 1.82) is 0 Å². The average molecular weight is 333 g/mol. The summed E-state index contributed by atoms with van der Waals surface area (Å²) in [6.45, 7) is -0.107. The van der Waals surface area contributed by atoms with Crippen molar-refractivity contribution in [3.05, 3.63) is 52.3 Å². The monoisotopic (exact) mass is 332 g/mol. The number of nitrogens with zero attached hydrogens (tertiary/aromatic N) is 1. The summed E-state index contributed by atoms with van der Waals surface area (Å²) >= 11 is 11.4. The van der Waals surface area contributed by atoms with Crippen LogP contribution in [0.2, 0.25) is 10.2 Å². The lowest BCUT2D eigenvalue weighted by atomic mass is 10.2. The van der Waals surface area contributed by atoms with Gasteiger partial charge in [0.25, 0.3) is 10.0 Å². The molecule has 8 heteroatoms. The molecule has 1 aromatic carbocycles. The van der Waals surface area contributed by atoms with E-state index < -0.39 is 10.0 Å². The van der Waals surface area contributed by atoms with Gasteiger partial charge < -0.3 is 5.11 Å².